The van der Waals surface area contributed by atoms with Crippen LogP contribution in [0, 0.1) is 0 Å². The summed E-state index contributed by atoms with van der Waals surface area (Å²) in [5.41, 5.74) is 10.6. The van der Waals surface area contributed by atoms with Crippen molar-refractivity contribution in [3.63, 3.8) is 0 Å². The van der Waals surface area contributed by atoms with E-state index in [1.165, 1.54) is 5.56 Å². The van der Waals surface area contributed by atoms with E-state index in [1.54, 1.807) is 0 Å². The van der Waals surface area contributed by atoms with Gasteiger partial charge in [0.25, 0.3) is 0 Å². The van der Waals surface area contributed by atoms with Crippen molar-refractivity contribution in [2.75, 3.05) is 0 Å². The Hall–Kier alpha value is -4.54. The van der Waals surface area contributed by atoms with Crippen molar-refractivity contribution in [1.29, 1.82) is 0 Å². The molecule has 4 aromatic carbocycles. The quantitative estimate of drug-likeness (QED) is 0.218. The number of hydrogen-bond acceptors (Lipinski definition) is 2. The summed E-state index contributed by atoms with van der Waals surface area (Å²) >= 11 is 3.66. The highest BCUT2D eigenvalue weighted by Crippen LogP contribution is 2.35. The smallest absolute Gasteiger partial charge is 0.0963 e. The zero-order valence-corrected chi connectivity index (χ0v) is 22.0. The Labute approximate surface area is 229 Å². The number of rotatable bonds is 4. The van der Waals surface area contributed by atoms with Gasteiger partial charge in [-0.2, -0.15) is 0 Å². The lowest BCUT2D eigenvalue weighted by molar-refractivity contribution is 1.17. The van der Waals surface area contributed by atoms with Crippen molar-refractivity contribution in [3.8, 4) is 39.3 Å². The molecule has 0 aliphatic rings. The summed E-state index contributed by atoms with van der Waals surface area (Å²) in [5.74, 6) is 0. The second-order valence-corrected chi connectivity index (χ2v) is 10.2. The van der Waals surface area contributed by atoms with E-state index in [2.05, 4.69) is 130 Å². The highest BCUT2D eigenvalue weighted by atomic mass is 79.9. The van der Waals surface area contributed by atoms with Crippen LogP contribution in [0.5, 0.6) is 0 Å². The minimum Gasteiger partial charge on any atom is -0.308 e. The molecular weight excluding hydrogens is 530 g/mol. The van der Waals surface area contributed by atoms with E-state index in [4.69, 9.17) is 9.97 Å². The van der Waals surface area contributed by atoms with Crippen LogP contribution in [0.15, 0.2) is 138 Å². The molecule has 0 unspecified atom stereocenters. The molecule has 0 aliphatic heterocycles. The lowest BCUT2D eigenvalue weighted by Gasteiger charge is -2.13. The average molecular weight is 552 g/mol. The van der Waals surface area contributed by atoms with Crippen molar-refractivity contribution < 1.29 is 0 Å². The molecule has 0 fully saturated rings. The molecule has 0 radical (unpaired) electrons. The summed E-state index contributed by atoms with van der Waals surface area (Å²) in [5, 5.41) is 1.13. The predicted molar refractivity (Wildman–Crippen MR) is 160 cm³/mol. The minimum absolute atomic E-state index is 0.937. The van der Waals surface area contributed by atoms with E-state index in [1.807, 2.05) is 24.4 Å². The molecule has 7 aromatic rings. The summed E-state index contributed by atoms with van der Waals surface area (Å²) in [7, 11) is 0. The molecule has 3 heterocycles. The largest absolute Gasteiger partial charge is 0.308 e. The highest BCUT2D eigenvalue weighted by Gasteiger charge is 2.15. The fourth-order valence-corrected chi connectivity index (χ4v) is 5.47. The summed E-state index contributed by atoms with van der Waals surface area (Å²) in [6, 6.07) is 44.3. The van der Waals surface area contributed by atoms with Gasteiger partial charge in [0.05, 0.1) is 27.9 Å². The fraction of sp³-hybridized carbons (Fsp3) is 0. The van der Waals surface area contributed by atoms with Gasteiger partial charge in [-0.25, -0.2) is 4.98 Å². The summed E-state index contributed by atoms with van der Waals surface area (Å²) in [6.07, 6.45) is 1.86. The number of hydrogen-bond donors (Lipinski definition) is 0. The molecule has 7 rings (SSSR count). The molecule has 0 aliphatic carbocycles. The molecular formula is C34H22BrN3. The highest BCUT2D eigenvalue weighted by molar-refractivity contribution is 9.10. The van der Waals surface area contributed by atoms with Crippen LogP contribution in [0.25, 0.3) is 61.3 Å². The molecule has 3 aromatic heterocycles. The van der Waals surface area contributed by atoms with Crippen molar-refractivity contribution in [2.24, 2.45) is 0 Å². The standard InChI is InChI=1S/C34H22BrN3/c35-27-16-17-29-33(22-27)38(32-15-8-18-36-34(29)32)28-14-7-13-25(19-28)31-21-26(23-9-3-1-4-10-23)20-30(37-31)24-11-5-2-6-12-24/h1-22H. The van der Waals surface area contributed by atoms with E-state index in [0.717, 1.165) is 60.2 Å². The first-order valence-electron chi connectivity index (χ1n) is 12.5. The van der Waals surface area contributed by atoms with Crippen molar-refractivity contribution in [1.82, 2.24) is 14.5 Å². The fourth-order valence-electron chi connectivity index (χ4n) is 5.12. The third-order valence-corrected chi connectivity index (χ3v) is 7.38. The molecule has 38 heavy (non-hydrogen) atoms. The number of aromatic nitrogens is 3. The van der Waals surface area contributed by atoms with Gasteiger partial charge in [-0.1, -0.05) is 88.7 Å². The Morgan fingerprint density at radius 1 is 0.526 bits per heavy atom. The Kier molecular flexibility index (Phi) is 5.60. The third kappa shape index (κ3) is 4.00. The lowest BCUT2D eigenvalue weighted by Crippen LogP contribution is -1.96. The normalized spacial score (nSPS) is 11.3. The van der Waals surface area contributed by atoms with Gasteiger partial charge >= 0.3 is 0 Å². The van der Waals surface area contributed by atoms with Gasteiger partial charge in [-0.15, -0.1) is 0 Å². The SMILES string of the molecule is Brc1ccc2c3ncccc3n(-c3cccc(-c4cc(-c5ccccc5)cc(-c5ccccc5)n4)c3)c2c1. The summed E-state index contributed by atoms with van der Waals surface area (Å²) < 4.78 is 3.32. The predicted octanol–water partition coefficient (Wildman–Crippen LogP) is 9.34. The van der Waals surface area contributed by atoms with Gasteiger partial charge in [0.1, 0.15) is 0 Å². The van der Waals surface area contributed by atoms with Crippen LogP contribution >= 0.6 is 15.9 Å². The molecule has 0 spiro atoms. The van der Waals surface area contributed by atoms with Crippen LogP contribution in [-0.2, 0) is 0 Å². The second-order valence-electron chi connectivity index (χ2n) is 9.28. The molecule has 0 saturated carbocycles. The monoisotopic (exact) mass is 551 g/mol. The molecule has 0 saturated heterocycles. The third-order valence-electron chi connectivity index (χ3n) is 6.89. The van der Waals surface area contributed by atoms with Gasteiger partial charge in [0, 0.05) is 32.9 Å². The number of fused-ring (bicyclic) bond motifs is 3. The van der Waals surface area contributed by atoms with E-state index in [9.17, 15) is 0 Å². The molecule has 4 heteroatoms. The van der Waals surface area contributed by atoms with E-state index in [-0.39, 0.29) is 0 Å². The maximum atomic E-state index is 5.13. The van der Waals surface area contributed by atoms with Crippen LogP contribution in [0.1, 0.15) is 0 Å². The molecule has 3 nitrogen and oxygen atoms in total. The van der Waals surface area contributed by atoms with Crippen LogP contribution in [0.2, 0.25) is 0 Å². The second kappa shape index (κ2) is 9.40. The first-order valence-corrected chi connectivity index (χ1v) is 13.3. The van der Waals surface area contributed by atoms with Gasteiger partial charge in [-0.3, -0.25) is 4.98 Å². The Morgan fingerprint density at radius 3 is 2.03 bits per heavy atom. The Bertz CT molecular complexity index is 1870. The van der Waals surface area contributed by atoms with Crippen LogP contribution in [-0.4, -0.2) is 14.5 Å². The molecule has 180 valence electrons. The van der Waals surface area contributed by atoms with E-state index in [0.29, 0.717) is 0 Å². The molecule has 0 bridgehead atoms. The van der Waals surface area contributed by atoms with E-state index >= 15 is 0 Å². The summed E-state index contributed by atoms with van der Waals surface area (Å²) in [6.45, 7) is 0. The number of halogens is 1. The maximum Gasteiger partial charge on any atom is 0.0963 e. The van der Waals surface area contributed by atoms with E-state index < -0.39 is 0 Å². The number of pyridine rings is 2. The lowest BCUT2D eigenvalue weighted by atomic mass is 10.00. The Balaban J connectivity index is 1.44. The minimum atomic E-state index is 0.937. The van der Waals surface area contributed by atoms with Crippen molar-refractivity contribution in [3.05, 3.63) is 138 Å². The van der Waals surface area contributed by atoms with Gasteiger partial charge in [0.15, 0.2) is 0 Å². The molecule has 0 atom stereocenters. The number of benzene rings is 4. The van der Waals surface area contributed by atoms with Crippen LogP contribution in [0.4, 0.5) is 0 Å². The van der Waals surface area contributed by atoms with Crippen LogP contribution in [0.3, 0.4) is 0 Å². The average Bonchev–Trinajstić information content (AvgIpc) is 3.31. The maximum absolute atomic E-state index is 5.13. The Morgan fingerprint density at radius 2 is 1.24 bits per heavy atom. The number of nitrogens with zero attached hydrogens (tertiary/aromatic N) is 3. The van der Waals surface area contributed by atoms with Crippen molar-refractivity contribution >= 4 is 37.9 Å². The molecule has 0 amide bonds. The van der Waals surface area contributed by atoms with Crippen LogP contribution < -0.4 is 0 Å². The van der Waals surface area contributed by atoms with Gasteiger partial charge in [0.2, 0.25) is 0 Å². The van der Waals surface area contributed by atoms with Gasteiger partial charge in [-0.05, 0) is 65.7 Å². The zero-order valence-electron chi connectivity index (χ0n) is 20.4. The van der Waals surface area contributed by atoms with Gasteiger partial charge < -0.3 is 4.57 Å². The summed E-state index contributed by atoms with van der Waals surface area (Å²) in [4.78, 5) is 9.84. The molecule has 0 N–H and O–H groups in total. The first kappa shape index (κ1) is 22.6. The topological polar surface area (TPSA) is 30.7 Å². The van der Waals surface area contributed by atoms with Crippen molar-refractivity contribution in [2.45, 2.75) is 0 Å². The zero-order chi connectivity index (χ0) is 25.5. The first-order chi connectivity index (χ1) is 18.7.